The lowest BCUT2D eigenvalue weighted by Crippen LogP contribution is -2.14. The topological polar surface area (TPSA) is 28.3 Å². The van der Waals surface area contributed by atoms with Crippen LogP contribution in [0.2, 0.25) is 5.02 Å². The molecule has 1 heterocycles. The molecule has 0 saturated heterocycles. The number of fused-ring (bicyclic) bond motifs is 1. The third-order valence-electron chi connectivity index (χ3n) is 2.88. The van der Waals surface area contributed by atoms with Crippen LogP contribution in [0.15, 0.2) is 18.3 Å². The number of rotatable bonds is 4. The van der Waals surface area contributed by atoms with Crippen molar-refractivity contribution >= 4 is 22.5 Å². The van der Waals surface area contributed by atoms with Gasteiger partial charge in [-0.2, -0.15) is 0 Å². The van der Waals surface area contributed by atoms with Crippen molar-refractivity contribution in [3.63, 3.8) is 0 Å². The van der Waals surface area contributed by atoms with Crippen molar-refractivity contribution < 1.29 is 4.74 Å². The number of hydrogen-bond donors (Lipinski definition) is 1. The van der Waals surface area contributed by atoms with Crippen LogP contribution in [-0.2, 0) is 6.42 Å². The van der Waals surface area contributed by atoms with E-state index in [0.717, 1.165) is 29.6 Å². The molecule has 0 fully saturated rings. The van der Waals surface area contributed by atoms with Crippen LogP contribution in [0, 0.1) is 0 Å². The Bertz CT molecular complexity index is 519. The summed E-state index contributed by atoms with van der Waals surface area (Å²) in [6, 6.07) is 3.89. The molecule has 2 aromatic rings. The number of aromatic amines is 1. The summed E-state index contributed by atoms with van der Waals surface area (Å²) >= 11 is 6.34. The van der Waals surface area contributed by atoms with Gasteiger partial charge in [0.2, 0.25) is 0 Å². The second-order valence-electron chi connectivity index (χ2n) is 4.37. The van der Waals surface area contributed by atoms with E-state index in [0.29, 0.717) is 5.02 Å². The van der Waals surface area contributed by atoms with Crippen LogP contribution in [0.4, 0.5) is 0 Å². The summed E-state index contributed by atoms with van der Waals surface area (Å²) in [6.45, 7) is 1.00. The minimum atomic E-state index is 0.694. The fourth-order valence-corrected chi connectivity index (χ4v) is 2.29. The molecule has 0 aliphatic rings. The Balaban J connectivity index is 2.43. The number of nitrogens with zero attached hydrogens (tertiary/aromatic N) is 1. The summed E-state index contributed by atoms with van der Waals surface area (Å²) in [6.07, 6.45) is 3.00. The largest absolute Gasteiger partial charge is 0.495 e. The number of benzene rings is 1. The van der Waals surface area contributed by atoms with Gasteiger partial charge in [0.25, 0.3) is 0 Å². The van der Waals surface area contributed by atoms with Crippen LogP contribution in [0.3, 0.4) is 0 Å². The first kappa shape index (κ1) is 12.3. The first-order valence-corrected chi connectivity index (χ1v) is 5.98. The molecule has 92 valence electrons. The average molecular weight is 253 g/mol. The first-order valence-electron chi connectivity index (χ1n) is 5.60. The van der Waals surface area contributed by atoms with Crippen LogP contribution in [0.25, 0.3) is 10.9 Å². The van der Waals surface area contributed by atoms with E-state index in [9.17, 15) is 0 Å². The maximum Gasteiger partial charge on any atom is 0.138 e. The normalized spacial score (nSPS) is 11.4. The lowest BCUT2D eigenvalue weighted by atomic mass is 10.1. The molecule has 1 aromatic carbocycles. The Morgan fingerprint density at radius 1 is 1.35 bits per heavy atom. The Morgan fingerprint density at radius 2 is 2.12 bits per heavy atom. The molecular formula is C13H17ClN2O. The van der Waals surface area contributed by atoms with Gasteiger partial charge >= 0.3 is 0 Å². The number of ether oxygens (including phenoxy) is 1. The highest BCUT2D eigenvalue weighted by atomic mass is 35.5. The summed E-state index contributed by atoms with van der Waals surface area (Å²) in [5.74, 6) is 0.727. The number of likely N-dealkylation sites (N-methyl/N-ethyl adjacent to an activating group) is 1. The number of halogens is 1. The summed E-state index contributed by atoms with van der Waals surface area (Å²) in [5, 5.41) is 1.77. The quantitative estimate of drug-likeness (QED) is 0.906. The molecule has 0 spiro atoms. The van der Waals surface area contributed by atoms with E-state index in [1.165, 1.54) is 5.56 Å². The summed E-state index contributed by atoms with van der Waals surface area (Å²) < 4.78 is 5.25. The molecule has 4 heteroatoms. The van der Waals surface area contributed by atoms with Crippen LogP contribution in [0.1, 0.15) is 5.56 Å². The fraction of sp³-hybridized carbons (Fsp3) is 0.385. The lowest BCUT2D eigenvalue weighted by Gasteiger charge is -2.09. The molecule has 0 atom stereocenters. The molecular weight excluding hydrogens is 236 g/mol. The molecule has 1 aromatic heterocycles. The molecule has 0 unspecified atom stereocenters. The first-order chi connectivity index (χ1) is 8.13. The second-order valence-corrected chi connectivity index (χ2v) is 4.75. The van der Waals surface area contributed by atoms with Gasteiger partial charge in [-0.25, -0.2) is 0 Å². The van der Waals surface area contributed by atoms with E-state index in [1.54, 1.807) is 7.11 Å². The smallest absolute Gasteiger partial charge is 0.138 e. The van der Waals surface area contributed by atoms with Crippen molar-refractivity contribution in [2.24, 2.45) is 0 Å². The monoisotopic (exact) mass is 252 g/mol. The molecule has 0 amide bonds. The third kappa shape index (κ3) is 2.40. The minimum Gasteiger partial charge on any atom is -0.495 e. The van der Waals surface area contributed by atoms with Gasteiger partial charge in [-0.1, -0.05) is 11.6 Å². The summed E-state index contributed by atoms with van der Waals surface area (Å²) in [4.78, 5) is 5.41. The van der Waals surface area contributed by atoms with Crippen molar-refractivity contribution in [2.45, 2.75) is 6.42 Å². The number of H-pyrrole nitrogens is 1. The summed E-state index contributed by atoms with van der Waals surface area (Å²) in [7, 11) is 5.77. The van der Waals surface area contributed by atoms with Crippen LogP contribution in [-0.4, -0.2) is 37.6 Å². The number of nitrogens with one attached hydrogen (secondary N) is 1. The Labute approximate surface area is 106 Å². The van der Waals surface area contributed by atoms with Gasteiger partial charge in [0, 0.05) is 23.6 Å². The summed E-state index contributed by atoms with van der Waals surface area (Å²) in [5.41, 5.74) is 2.29. The highest BCUT2D eigenvalue weighted by molar-refractivity contribution is 6.37. The zero-order valence-corrected chi connectivity index (χ0v) is 11.1. The van der Waals surface area contributed by atoms with E-state index in [1.807, 2.05) is 18.3 Å². The molecule has 17 heavy (non-hydrogen) atoms. The Hall–Kier alpha value is -1.19. The fourth-order valence-electron chi connectivity index (χ4n) is 1.93. The lowest BCUT2D eigenvalue weighted by molar-refractivity contribution is 0.413. The second kappa shape index (κ2) is 4.98. The van der Waals surface area contributed by atoms with E-state index < -0.39 is 0 Å². The van der Waals surface area contributed by atoms with E-state index in [-0.39, 0.29) is 0 Å². The van der Waals surface area contributed by atoms with Gasteiger partial charge in [0.15, 0.2) is 0 Å². The SMILES string of the molecule is COc1ccc2[nH]cc(CCN(C)C)c2c1Cl. The highest BCUT2D eigenvalue weighted by Crippen LogP contribution is 2.34. The van der Waals surface area contributed by atoms with Gasteiger partial charge in [0.1, 0.15) is 5.75 Å². The molecule has 0 saturated carbocycles. The van der Waals surface area contributed by atoms with Gasteiger partial charge in [-0.3, -0.25) is 0 Å². The Kier molecular flexibility index (Phi) is 3.60. The number of aromatic nitrogens is 1. The van der Waals surface area contributed by atoms with Crippen molar-refractivity contribution in [3.05, 3.63) is 28.9 Å². The van der Waals surface area contributed by atoms with Gasteiger partial charge < -0.3 is 14.6 Å². The van der Waals surface area contributed by atoms with Crippen LogP contribution < -0.4 is 4.74 Å². The van der Waals surface area contributed by atoms with E-state index in [2.05, 4.69) is 24.0 Å². The van der Waals surface area contributed by atoms with Crippen molar-refractivity contribution in [2.75, 3.05) is 27.7 Å². The predicted octanol–water partition coefficient (Wildman–Crippen LogP) is 2.93. The number of methoxy groups -OCH3 is 1. The molecule has 3 nitrogen and oxygen atoms in total. The maximum atomic E-state index is 6.34. The van der Waals surface area contributed by atoms with Crippen LogP contribution in [0.5, 0.6) is 5.75 Å². The zero-order chi connectivity index (χ0) is 12.4. The number of hydrogen-bond acceptors (Lipinski definition) is 2. The molecule has 0 radical (unpaired) electrons. The molecule has 0 aliphatic carbocycles. The van der Waals surface area contributed by atoms with Crippen LogP contribution >= 0.6 is 11.6 Å². The van der Waals surface area contributed by atoms with Gasteiger partial charge in [-0.15, -0.1) is 0 Å². The predicted molar refractivity (Wildman–Crippen MR) is 72.1 cm³/mol. The minimum absolute atomic E-state index is 0.694. The average Bonchev–Trinajstić information content (AvgIpc) is 2.71. The molecule has 1 N–H and O–H groups in total. The Morgan fingerprint density at radius 3 is 2.76 bits per heavy atom. The highest BCUT2D eigenvalue weighted by Gasteiger charge is 2.11. The molecule has 0 bridgehead atoms. The molecule has 0 aliphatic heterocycles. The van der Waals surface area contributed by atoms with Crippen molar-refractivity contribution in [1.29, 1.82) is 0 Å². The van der Waals surface area contributed by atoms with Crippen molar-refractivity contribution in [1.82, 2.24) is 9.88 Å². The van der Waals surface area contributed by atoms with Crippen molar-refractivity contribution in [3.8, 4) is 5.75 Å². The standard InChI is InChI=1S/C13H17ClN2O/c1-16(2)7-6-9-8-15-10-4-5-11(17-3)13(14)12(9)10/h4-5,8,15H,6-7H2,1-3H3. The van der Waals surface area contributed by atoms with Gasteiger partial charge in [0.05, 0.1) is 12.1 Å². The third-order valence-corrected chi connectivity index (χ3v) is 3.25. The van der Waals surface area contributed by atoms with E-state index in [4.69, 9.17) is 16.3 Å². The maximum absolute atomic E-state index is 6.34. The molecule has 2 rings (SSSR count). The zero-order valence-electron chi connectivity index (χ0n) is 10.4. The van der Waals surface area contributed by atoms with E-state index >= 15 is 0 Å². The van der Waals surface area contributed by atoms with Gasteiger partial charge in [-0.05, 0) is 38.2 Å².